The highest BCUT2D eigenvalue weighted by Crippen LogP contribution is 2.24. The molecule has 0 aliphatic rings. The molecule has 2 aromatic carbocycles. The molecular formula is C18H18F2N2O2. The summed E-state index contributed by atoms with van der Waals surface area (Å²) in [5.74, 6) is -2.47. The van der Waals surface area contributed by atoms with Gasteiger partial charge in [0.05, 0.1) is 0 Å². The third-order valence-electron chi connectivity index (χ3n) is 3.65. The summed E-state index contributed by atoms with van der Waals surface area (Å²) >= 11 is 0. The van der Waals surface area contributed by atoms with E-state index in [1.54, 1.807) is 31.3 Å². The van der Waals surface area contributed by atoms with Crippen molar-refractivity contribution in [2.45, 2.75) is 13.3 Å². The van der Waals surface area contributed by atoms with E-state index in [9.17, 15) is 18.4 Å². The first-order valence-corrected chi connectivity index (χ1v) is 7.45. The van der Waals surface area contributed by atoms with E-state index in [1.165, 1.54) is 17.9 Å². The Balaban J connectivity index is 2.12. The lowest BCUT2D eigenvalue weighted by Crippen LogP contribution is -2.35. The molecule has 0 aromatic heterocycles. The average Bonchev–Trinajstić information content (AvgIpc) is 2.57. The summed E-state index contributed by atoms with van der Waals surface area (Å²) in [6.07, 6.45) is -0.0568. The van der Waals surface area contributed by atoms with Crippen LogP contribution in [0.3, 0.4) is 0 Å². The number of carbonyl (C=O) groups is 2. The highest BCUT2D eigenvalue weighted by molar-refractivity contribution is 5.95. The van der Waals surface area contributed by atoms with Crippen LogP contribution in [0.1, 0.15) is 13.3 Å². The molecule has 126 valence electrons. The molecule has 0 saturated carbocycles. The number of nitrogens with zero attached hydrogens (tertiary/aromatic N) is 2. The number of para-hydroxylation sites is 2. The standard InChI is InChI=1S/C18H18F2N2O2/c1-13(23)22(18-15(19)9-6-10-16(18)20)12-11-17(24)21(2)14-7-4-3-5-8-14/h3-10H,11-12H2,1-2H3. The lowest BCUT2D eigenvalue weighted by molar-refractivity contribution is -0.118. The lowest BCUT2D eigenvalue weighted by atomic mass is 10.2. The van der Waals surface area contributed by atoms with Crippen molar-refractivity contribution in [3.05, 3.63) is 60.2 Å². The average molecular weight is 332 g/mol. The minimum absolute atomic E-state index is 0.0568. The van der Waals surface area contributed by atoms with Gasteiger partial charge in [0, 0.05) is 32.6 Å². The van der Waals surface area contributed by atoms with Gasteiger partial charge in [-0.25, -0.2) is 8.78 Å². The van der Waals surface area contributed by atoms with E-state index < -0.39 is 23.2 Å². The molecule has 0 aliphatic carbocycles. The Morgan fingerprint density at radius 2 is 1.54 bits per heavy atom. The highest BCUT2D eigenvalue weighted by Gasteiger charge is 2.21. The largest absolute Gasteiger partial charge is 0.315 e. The number of anilines is 2. The molecule has 0 fully saturated rings. The van der Waals surface area contributed by atoms with Gasteiger partial charge in [0.25, 0.3) is 0 Å². The summed E-state index contributed by atoms with van der Waals surface area (Å²) in [4.78, 5) is 26.4. The first-order valence-electron chi connectivity index (χ1n) is 7.45. The molecular weight excluding hydrogens is 314 g/mol. The predicted octanol–water partition coefficient (Wildman–Crippen LogP) is 3.37. The third-order valence-corrected chi connectivity index (χ3v) is 3.65. The van der Waals surface area contributed by atoms with Gasteiger partial charge in [0.15, 0.2) is 0 Å². The molecule has 0 saturated heterocycles. The number of rotatable bonds is 5. The zero-order valence-corrected chi connectivity index (χ0v) is 13.5. The van der Waals surface area contributed by atoms with Crippen molar-refractivity contribution in [3.8, 4) is 0 Å². The van der Waals surface area contributed by atoms with E-state index in [0.717, 1.165) is 17.0 Å². The number of carbonyl (C=O) groups excluding carboxylic acids is 2. The topological polar surface area (TPSA) is 40.6 Å². The fourth-order valence-electron chi connectivity index (χ4n) is 2.34. The van der Waals surface area contributed by atoms with E-state index in [1.807, 2.05) is 6.07 Å². The van der Waals surface area contributed by atoms with Crippen LogP contribution in [0.4, 0.5) is 20.2 Å². The smallest absolute Gasteiger partial charge is 0.228 e. The van der Waals surface area contributed by atoms with E-state index in [4.69, 9.17) is 0 Å². The van der Waals surface area contributed by atoms with Gasteiger partial charge in [-0.1, -0.05) is 24.3 Å². The fourth-order valence-corrected chi connectivity index (χ4v) is 2.34. The molecule has 0 heterocycles. The molecule has 0 bridgehead atoms. The maximum Gasteiger partial charge on any atom is 0.228 e. The maximum absolute atomic E-state index is 13.9. The predicted molar refractivity (Wildman–Crippen MR) is 88.9 cm³/mol. The maximum atomic E-state index is 13.9. The number of halogens is 2. The summed E-state index contributed by atoms with van der Waals surface area (Å²) in [7, 11) is 1.61. The third kappa shape index (κ3) is 3.95. The Morgan fingerprint density at radius 3 is 2.08 bits per heavy atom. The van der Waals surface area contributed by atoms with Crippen molar-refractivity contribution < 1.29 is 18.4 Å². The zero-order valence-electron chi connectivity index (χ0n) is 13.5. The zero-order chi connectivity index (χ0) is 17.7. The molecule has 0 spiro atoms. The lowest BCUT2D eigenvalue weighted by Gasteiger charge is -2.24. The summed E-state index contributed by atoms with van der Waals surface area (Å²) < 4.78 is 27.8. The van der Waals surface area contributed by atoms with Crippen LogP contribution in [-0.2, 0) is 9.59 Å². The van der Waals surface area contributed by atoms with Crippen LogP contribution in [0, 0.1) is 11.6 Å². The molecule has 2 aromatic rings. The van der Waals surface area contributed by atoms with Crippen LogP contribution in [-0.4, -0.2) is 25.4 Å². The van der Waals surface area contributed by atoms with Crippen molar-refractivity contribution in [2.75, 3.05) is 23.4 Å². The van der Waals surface area contributed by atoms with Crippen molar-refractivity contribution in [1.82, 2.24) is 0 Å². The quantitative estimate of drug-likeness (QED) is 0.842. The summed E-state index contributed by atoms with van der Waals surface area (Å²) in [6.45, 7) is 1.10. The van der Waals surface area contributed by atoms with Crippen LogP contribution >= 0.6 is 0 Å². The van der Waals surface area contributed by atoms with Crippen LogP contribution < -0.4 is 9.80 Å². The molecule has 6 heteroatoms. The Hall–Kier alpha value is -2.76. The molecule has 0 unspecified atom stereocenters. The van der Waals surface area contributed by atoms with Crippen molar-refractivity contribution in [1.29, 1.82) is 0 Å². The SMILES string of the molecule is CC(=O)N(CCC(=O)N(C)c1ccccc1)c1c(F)cccc1F. The summed E-state index contributed by atoms with van der Waals surface area (Å²) in [5, 5.41) is 0. The van der Waals surface area contributed by atoms with Crippen molar-refractivity contribution >= 4 is 23.2 Å². The normalized spacial score (nSPS) is 10.3. The Kier molecular flexibility index (Phi) is 5.63. The van der Waals surface area contributed by atoms with Gasteiger partial charge in [-0.2, -0.15) is 0 Å². The monoisotopic (exact) mass is 332 g/mol. The number of amides is 2. The molecule has 0 atom stereocenters. The van der Waals surface area contributed by atoms with Gasteiger partial charge >= 0.3 is 0 Å². The molecule has 2 rings (SSSR count). The van der Waals surface area contributed by atoms with Gasteiger partial charge in [-0.15, -0.1) is 0 Å². The first kappa shape index (κ1) is 17.6. The Morgan fingerprint density at radius 1 is 0.958 bits per heavy atom. The van der Waals surface area contributed by atoms with Crippen molar-refractivity contribution in [3.63, 3.8) is 0 Å². The molecule has 0 aliphatic heterocycles. The fraction of sp³-hybridized carbons (Fsp3) is 0.222. The van der Waals surface area contributed by atoms with Gasteiger partial charge in [0.2, 0.25) is 11.8 Å². The molecule has 24 heavy (non-hydrogen) atoms. The second kappa shape index (κ2) is 7.68. The highest BCUT2D eigenvalue weighted by atomic mass is 19.1. The van der Waals surface area contributed by atoms with E-state index in [2.05, 4.69) is 0 Å². The van der Waals surface area contributed by atoms with Gasteiger partial charge < -0.3 is 9.80 Å². The van der Waals surface area contributed by atoms with Crippen LogP contribution in [0.15, 0.2) is 48.5 Å². The van der Waals surface area contributed by atoms with E-state index >= 15 is 0 Å². The van der Waals surface area contributed by atoms with Crippen LogP contribution in [0.2, 0.25) is 0 Å². The first-order chi connectivity index (χ1) is 11.4. The van der Waals surface area contributed by atoms with Gasteiger partial charge in [-0.05, 0) is 24.3 Å². The van der Waals surface area contributed by atoms with E-state index in [0.29, 0.717) is 5.69 Å². The number of hydrogen-bond donors (Lipinski definition) is 0. The second-order valence-corrected chi connectivity index (χ2v) is 5.28. The minimum atomic E-state index is -0.839. The van der Waals surface area contributed by atoms with Crippen molar-refractivity contribution in [2.24, 2.45) is 0 Å². The molecule has 0 N–H and O–H groups in total. The van der Waals surface area contributed by atoms with Gasteiger partial charge in [-0.3, -0.25) is 9.59 Å². The van der Waals surface area contributed by atoms with Gasteiger partial charge in [0.1, 0.15) is 17.3 Å². The minimum Gasteiger partial charge on any atom is -0.315 e. The number of benzene rings is 2. The molecule has 0 radical (unpaired) electrons. The molecule has 2 amide bonds. The van der Waals surface area contributed by atoms with Crippen LogP contribution in [0.5, 0.6) is 0 Å². The second-order valence-electron chi connectivity index (χ2n) is 5.28. The van der Waals surface area contributed by atoms with E-state index in [-0.39, 0.29) is 18.9 Å². The summed E-state index contributed by atoms with van der Waals surface area (Å²) in [5.41, 5.74) is 0.272. The van der Waals surface area contributed by atoms with Crippen LogP contribution in [0.25, 0.3) is 0 Å². The number of hydrogen-bond acceptors (Lipinski definition) is 2. The Labute approximate surface area is 139 Å². The Bertz CT molecular complexity index is 715. The molecule has 4 nitrogen and oxygen atoms in total. The summed E-state index contributed by atoms with van der Waals surface area (Å²) in [6, 6.07) is 12.4.